The summed E-state index contributed by atoms with van der Waals surface area (Å²) in [6.07, 6.45) is 2.59. The number of hydrogen-bond donors (Lipinski definition) is 2. The molecule has 0 aromatic rings. The zero-order chi connectivity index (χ0) is 9.19. The maximum Gasteiger partial charge on any atom is 0.0101 e. The third kappa shape index (κ3) is 3.11. The molecule has 0 aromatic carbocycles. The third-order valence-electron chi connectivity index (χ3n) is 2.27. The third-order valence-corrected chi connectivity index (χ3v) is 2.27. The summed E-state index contributed by atoms with van der Waals surface area (Å²) in [5, 5.41) is 7.06. The highest BCUT2D eigenvalue weighted by molar-refractivity contribution is 4.92. The van der Waals surface area contributed by atoms with Crippen molar-refractivity contribution >= 4 is 0 Å². The van der Waals surface area contributed by atoms with Crippen LogP contribution < -0.4 is 10.6 Å². The lowest BCUT2D eigenvalue weighted by Gasteiger charge is -2.40. The fourth-order valence-corrected chi connectivity index (χ4v) is 1.80. The van der Waals surface area contributed by atoms with Crippen LogP contribution in [-0.2, 0) is 0 Å². The van der Waals surface area contributed by atoms with Gasteiger partial charge in [0.05, 0.1) is 0 Å². The second kappa shape index (κ2) is 3.75. The van der Waals surface area contributed by atoms with E-state index in [-0.39, 0.29) is 5.54 Å². The summed E-state index contributed by atoms with van der Waals surface area (Å²) in [5.41, 5.74) is 0.280. The Kier molecular flexibility index (Phi) is 3.13. The first-order valence-corrected chi connectivity index (χ1v) is 5.02. The number of hydrogen-bond acceptors (Lipinski definition) is 2. The average molecular weight is 170 g/mol. The van der Waals surface area contributed by atoms with E-state index in [1.54, 1.807) is 0 Å². The first-order valence-electron chi connectivity index (χ1n) is 5.02. The lowest BCUT2D eigenvalue weighted by Crippen LogP contribution is -2.55. The van der Waals surface area contributed by atoms with Gasteiger partial charge >= 0.3 is 0 Å². The molecule has 1 saturated carbocycles. The van der Waals surface area contributed by atoms with Crippen molar-refractivity contribution in [1.82, 2.24) is 10.6 Å². The Morgan fingerprint density at radius 3 is 2.17 bits per heavy atom. The normalized spacial score (nSPS) is 30.0. The fraction of sp³-hybridized carbons (Fsp3) is 1.00. The number of nitrogens with one attached hydrogen (secondary N) is 2. The summed E-state index contributed by atoms with van der Waals surface area (Å²) in [6.45, 7) is 9.96. The van der Waals surface area contributed by atoms with Gasteiger partial charge in [0, 0.05) is 17.6 Å². The van der Waals surface area contributed by atoms with Crippen molar-refractivity contribution in [3.63, 3.8) is 0 Å². The van der Waals surface area contributed by atoms with Crippen LogP contribution in [0.4, 0.5) is 0 Å². The predicted octanol–water partition coefficient (Wildman–Crippen LogP) is 1.51. The van der Waals surface area contributed by atoms with Crippen molar-refractivity contribution in [3.8, 4) is 0 Å². The molecule has 2 nitrogen and oxygen atoms in total. The molecule has 72 valence electrons. The van der Waals surface area contributed by atoms with E-state index in [1.165, 1.54) is 12.8 Å². The Morgan fingerprint density at radius 1 is 1.17 bits per heavy atom. The van der Waals surface area contributed by atoms with Gasteiger partial charge in [0.25, 0.3) is 0 Å². The Hall–Kier alpha value is -0.0800. The van der Waals surface area contributed by atoms with Crippen molar-refractivity contribution in [2.75, 3.05) is 6.54 Å². The van der Waals surface area contributed by atoms with Gasteiger partial charge in [-0.05, 0) is 40.2 Å². The van der Waals surface area contributed by atoms with Gasteiger partial charge in [-0.25, -0.2) is 0 Å². The molecule has 2 N–H and O–H groups in total. The summed E-state index contributed by atoms with van der Waals surface area (Å²) in [6, 6.07) is 1.52. The molecule has 0 unspecified atom stereocenters. The largest absolute Gasteiger partial charge is 0.314 e. The molecule has 12 heavy (non-hydrogen) atoms. The molecule has 0 atom stereocenters. The van der Waals surface area contributed by atoms with E-state index in [2.05, 4.69) is 38.3 Å². The van der Waals surface area contributed by atoms with Gasteiger partial charge in [-0.3, -0.25) is 0 Å². The van der Waals surface area contributed by atoms with Crippen LogP contribution >= 0.6 is 0 Å². The minimum atomic E-state index is 0.280. The van der Waals surface area contributed by atoms with Gasteiger partial charge in [0.1, 0.15) is 0 Å². The molecule has 1 aliphatic rings. The van der Waals surface area contributed by atoms with Gasteiger partial charge in [-0.15, -0.1) is 0 Å². The van der Waals surface area contributed by atoms with Crippen LogP contribution in [-0.4, -0.2) is 24.2 Å². The molecule has 0 spiro atoms. The summed E-state index contributed by atoms with van der Waals surface area (Å²) in [4.78, 5) is 0. The molecule has 0 heterocycles. The maximum absolute atomic E-state index is 3.60. The molecule has 1 fully saturated rings. The van der Waals surface area contributed by atoms with Crippen LogP contribution in [0.2, 0.25) is 0 Å². The molecule has 0 radical (unpaired) electrons. The van der Waals surface area contributed by atoms with Crippen LogP contribution in [0, 0.1) is 0 Å². The standard InChI is InChI=1S/C10H22N2/c1-5-11-8-6-9(7-8)12-10(2,3)4/h8-9,11-12H,5-7H2,1-4H3. The van der Waals surface area contributed by atoms with Crippen molar-refractivity contribution in [2.24, 2.45) is 0 Å². The van der Waals surface area contributed by atoms with Crippen LogP contribution in [0.5, 0.6) is 0 Å². The van der Waals surface area contributed by atoms with Crippen LogP contribution in [0.25, 0.3) is 0 Å². The van der Waals surface area contributed by atoms with Crippen LogP contribution in [0.3, 0.4) is 0 Å². The second-order valence-electron chi connectivity index (χ2n) is 4.82. The van der Waals surface area contributed by atoms with Gasteiger partial charge < -0.3 is 10.6 Å². The lowest BCUT2D eigenvalue weighted by atomic mass is 9.85. The predicted molar refractivity (Wildman–Crippen MR) is 53.4 cm³/mol. The Bertz CT molecular complexity index is 131. The summed E-state index contributed by atoms with van der Waals surface area (Å²) < 4.78 is 0. The van der Waals surface area contributed by atoms with Gasteiger partial charge in [0.15, 0.2) is 0 Å². The smallest absolute Gasteiger partial charge is 0.0101 e. The lowest BCUT2D eigenvalue weighted by molar-refractivity contribution is 0.210. The van der Waals surface area contributed by atoms with E-state index in [0.29, 0.717) is 0 Å². The minimum absolute atomic E-state index is 0.280. The van der Waals surface area contributed by atoms with E-state index in [4.69, 9.17) is 0 Å². The van der Waals surface area contributed by atoms with Crippen LogP contribution in [0.1, 0.15) is 40.5 Å². The molecule has 1 rings (SSSR count). The number of rotatable bonds is 3. The monoisotopic (exact) mass is 170 g/mol. The van der Waals surface area contributed by atoms with Crippen molar-refractivity contribution in [3.05, 3.63) is 0 Å². The van der Waals surface area contributed by atoms with Crippen molar-refractivity contribution < 1.29 is 0 Å². The molecule has 2 heteroatoms. The SMILES string of the molecule is CCNC1CC(NC(C)(C)C)C1. The molecular formula is C10H22N2. The molecule has 0 bridgehead atoms. The fourth-order valence-electron chi connectivity index (χ4n) is 1.80. The first kappa shape index (κ1) is 10.0. The quantitative estimate of drug-likeness (QED) is 0.671. The highest BCUT2D eigenvalue weighted by atomic mass is 15.0. The molecule has 0 saturated heterocycles. The van der Waals surface area contributed by atoms with Gasteiger partial charge in [0.2, 0.25) is 0 Å². The zero-order valence-electron chi connectivity index (χ0n) is 8.78. The van der Waals surface area contributed by atoms with E-state index in [9.17, 15) is 0 Å². The van der Waals surface area contributed by atoms with Crippen LogP contribution in [0.15, 0.2) is 0 Å². The first-order chi connectivity index (χ1) is 5.51. The Balaban J connectivity index is 2.10. The minimum Gasteiger partial charge on any atom is -0.314 e. The zero-order valence-corrected chi connectivity index (χ0v) is 8.78. The van der Waals surface area contributed by atoms with E-state index in [0.717, 1.165) is 18.6 Å². The van der Waals surface area contributed by atoms with Crippen molar-refractivity contribution in [1.29, 1.82) is 0 Å². The van der Waals surface area contributed by atoms with Crippen molar-refractivity contribution in [2.45, 2.75) is 58.2 Å². The highest BCUT2D eigenvalue weighted by Gasteiger charge is 2.30. The van der Waals surface area contributed by atoms with E-state index in [1.807, 2.05) is 0 Å². The molecule has 0 aromatic heterocycles. The summed E-state index contributed by atoms with van der Waals surface area (Å²) in [7, 11) is 0. The molecule has 0 aliphatic heterocycles. The van der Waals surface area contributed by atoms with E-state index < -0.39 is 0 Å². The highest BCUT2D eigenvalue weighted by Crippen LogP contribution is 2.21. The van der Waals surface area contributed by atoms with Gasteiger partial charge in [-0.1, -0.05) is 6.92 Å². The van der Waals surface area contributed by atoms with E-state index >= 15 is 0 Å². The summed E-state index contributed by atoms with van der Waals surface area (Å²) in [5.74, 6) is 0. The Morgan fingerprint density at radius 2 is 1.75 bits per heavy atom. The molecule has 0 amide bonds. The average Bonchev–Trinajstić information content (AvgIpc) is 1.80. The maximum atomic E-state index is 3.60. The molecule has 1 aliphatic carbocycles. The van der Waals surface area contributed by atoms with Gasteiger partial charge in [-0.2, -0.15) is 0 Å². The topological polar surface area (TPSA) is 24.1 Å². The molecular weight excluding hydrogens is 148 g/mol. The Labute approximate surface area is 76.1 Å². The summed E-state index contributed by atoms with van der Waals surface area (Å²) >= 11 is 0. The second-order valence-corrected chi connectivity index (χ2v) is 4.82.